The molecule has 0 radical (unpaired) electrons. The minimum absolute atomic E-state index is 0.178. The van der Waals surface area contributed by atoms with Crippen LogP contribution in [0.1, 0.15) is 37.8 Å². The lowest BCUT2D eigenvalue weighted by Crippen LogP contribution is -2.45. The molecule has 1 fully saturated rings. The van der Waals surface area contributed by atoms with Gasteiger partial charge in [0.05, 0.1) is 0 Å². The number of hydrogen-bond donors (Lipinski definition) is 1. The van der Waals surface area contributed by atoms with Crippen LogP contribution in [0.5, 0.6) is 0 Å². The highest BCUT2D eigenvalue weighted by Crippen LogP contribution is 2.28. The number of aliphatic carboxylic acids is 1. The molecule has 2 atom stereocenters. The Hall–Kier alpha value is -1.35. The summed E-state index contributed by atoms with van der Waals surface area (Å²) in [6.45, 7) is 2.98. The topological polar surface area (TPSA) is 40.5 Å². The van der Waals surface area contributed by atoms with Gasteiger partial charge in [-0.1, -0.05) is 36.8 Å². The van der Waals surface area contributed by atoms with Gasteiger partial charge in [-0.2, -0.15) is 0 Å². The first-order valence-electron chi connectivity index (χ1n) is 6.23. The van der Waals surface area contributed by atoms with Crippen LogP contribution in [0.25, 0.3) is 0 Å². The average Bonchev–Trinajstić information content (AvgIpc) is 2.39. The van der Waals surface area contributed by atoms with Crippen LogP contribution < -0.4 is 0 Å². The Bertz CT molecular complexity index is 377. The summed E-state index contributed by atoms with van der Waals surface area (Å²) < 4.78 is 0. The number of carbonyl (C=O) groups is 1. The number of hydrogen-bond acceptors (Lipinski definition) is 2. The van der Waals surface area contributed by atoms with Gasteiger partial charge in [0.25, 0.3) is 0 Å². The molecule has 2 rings (SSSR count). The van der Waals surface area contributed by atoms with Gasteiger partial charge in [0.2, 0.25) is 0 Å². The van der Waals surface area contributed by atoms with Gasteiger partial charge in [-0.3, -0.25) is 9.69 Å². The van der Waals surface area contributed by atoms with Crippen LogP contribution in [0.15, 0.2) is 30.3 Å². The Kier molecular flexibility index (Phi) is 3.79. The highest BCUT2D eigenvalue weighted by Gasteiger charge is 2.31. The summed E-state index contributed by atoms with van der Waals surface area (Å²) >= 11 is 0. The van der Waals surface area contributed by atoms with Gasteiger partial charge in [-0.25, -0.2) is 0 Å². The molecular weight excluding hydrogens is 214 g/mol. The molecule has 0 unspecified atom stereocenters. The summed E-state index contributed by atoms with van der Waals surface area (Å²) in [4.78, 5) is 13.4. The van der Waals surface area contributed by atoms with Crippen molar-refractivity contribution < 1.29 is 9.90 Å². The average molecular weight is 233 g/mol. The summed E-state index contributed by atoms with van der Waals surface area (Å²) in [5.74, 6) is -0.688. The minimum Gasteiger partial charge on any atom is -0.480 e. The predicted octanol–water partition coefficient (Wildman–Crippen LogP) is 2.69. The van der Waals surface area contributed by atoms with Crippen molar-refractivity contribution in [2.75, 3.05) is 6.54 Å². The van der Waals surface area contributed by atoms with Crippen molar-refractivity contribution in [1.82, 2.24) is 4.90 Å². The molecule has 1 saturated heterocycles. The summed E-state index contributed by atoms with van der Waals surface area (Å²) in [5, 5.41) is 9.26. The maximum Gasteiger partial charge on any atom is 0.320 e. The molecule has 1 aliphatic heterocycles. The van der Waals surface area contributed by atoms with Crippen molar-refractivity contribution in [3.8, 4) is 0 Å². The first-order valence-corrected chi connectivity index (χ1v) is 6.23. The molecule has 1 aromatic carbocycles. The van der Waals surface area contributed by atoms with E-state index in [0.717, 1.165) is 25.8 Å². The third-order valence-electron chi connectivity index (χ3n) is 3.61. The molecule has 0 amide bonds. The summed E-state index contributed by atoms with van der Waals surface area (Å²) in [6, 6.07) is 9.99. The van der Waals surface area contributed by atoms with E-state index in [2.05, 4.69) is 24.0 Å². The van der Waals surface area contributed by atoms with Crippen molar-refractivity contribution in [1.29, 1.82) is 0 Å². The standard InChI is InChI=1S/C14H19NO2/c1-11(12-7-3-2-4-8-12)15-10-6-5-9-13(15)14(16)17/h2-4,7-8,11,13H,5-6,9-10H2,1H3,(H,16,17)/t11-,13+/m1/s1. The number of carboxylic acid groups (broad SMARTS) is 1. The zero-order valence-corrected chi connectivity index (χ0v) is 10.2. The molecule has 0 aromatic heterocycles. The lowest BCUT2D eigenvalue weighted by atomic mass is 9.97. The van der Waals surface area contributed by atoms with Crippen LogP contribution in [0.2, 0.25) is 0 Å². The van der Waals surface area contributed by atoms with Crippen molar-refractivity contribution in [2.24, 2.45) is 0 Å². The maximum absolute atomic E-state index is 11.3. The Morgan fingerprint density at radius 2 is 2.06 bits per heavy atom. The van der Waals surface area contributed by atoms with Crippen molar-refractivity contribution in [2.45, 2.75) is 38.3 Å². The number of nitrogens with zero attached hydrogens (tertiary/aromatic N) is 1. The van der Waals surface area contributed by atoms with Crippen LogP contribution in [0.3, 0.4) is 0 Å². The maximum atomic E-state index is 11.3. The second kappa shape index (κ2) is 5.32. The van der Waals surface area contributed by atoms with Crippen LogP contribution in [-0.2, 0) is 4.79 Å². The Morgan fingerprint density at radius 3 is 2.71 bits per heavy atom. The molecule has 0 bridgehead atoms. The lowest BCUT2D eigenvalue weighted by Gasteiger charge is -2.37. The molecule has 0 spiro atoms. The van der Waals surface area contributed by atoms with Crippen LogP contribution in [-0.4, -0.2) is 28.6 Å². The zero-order valence-electron chi connectivity index (χ0n) is 10.2. The van der Waals surface area contributed by atoms with Gasteiger partial charge in [-0.15, -0.1) is 0 Å². The van der Waals surface area contributed by atoms with Gasteiger partial charge in [0.15, 0.2) is 0 Å². The number of likely N-dealkylation sites (tertiary alicyclic amines) is 1. The third-order valence-corrected chi connectivity index (χ3v) is 3.61. The summed E-state index contributed by atoms with van der Waals surface area (Å²) in [5.41, 5.74) is 1.20. The number of benzene rings is 1. The Labute approximate surface area is 102 Å². The van der Waals surface area contributed by atoms with Gasteiger partial charge >= 0.3 is 5.97 Å². The molecule has 92 valence electrons. The first kappa shape index (κ1) is 12.1. The van der Waals surface area contributed by atoms with Crippen LogP contribution in [0, 0.1) is 0 Å². The summed E-state index contributed by atoms with van der Waals surface area (Å²) in [7, 11) is 0. The quantitative estimate of drug-likeness (QED) is 0.872. The Balaban J connectivity index is 2.16. The molecule has 3 nitrogen and oxygen atoms in total. The van der Waals surface area contributed by atoms with Gasteiger partial charge in [0.1, 0.15) is 6.04 Å². The van der Waals surface area contributed by atoms with E-state index in [1.54, 1.807) is 0 Å². The molecule has 17 heavy (non-hydrogen) atoms. The molecule has 0 aliphatic carbocycles. The second-order valence-corrected chi connectivity index (χ2v) is 4.67. The van der Waals surface area contributed by atoms with E-state index in [1.807, 2.05) is 18.2 Å². The first-order chi connectivity index (χ1) is 8.20. The molecule has 3 heteroatoms. The van der Waals surface area contributed by atoms with Crippen molar-refractivity contribution in [3.63, 3.8) is 0 Å². The molecule has 1 aromatic rings. The highest BCUT2D eigenvalue weighted by atomic mass is 16.4. The monoisotopic (exact) mass is 233 g/mol. The predicted molar refractivity (Wildman–Crippen MR) is 66.8 cm³/mol. The molecular formula is C14H19NO2. The van der Waals surface area contributed by atoms with E-state index in [-0.39, 0.29) is 12.1 Å². The fraction of sp³-hybridized carbons (Fsp3) is 0.500. The number of piperidine rings is 1. The normalized spacial score (nSPS) is 23.2. The van der Waals surface area contributed by atoms with E-state index >= 15 is 0 Å². The largest absolute Gasteiger partial charge is 0.480 e. The van der Waals surface area contributed by atoms with Gasteiger partial charge < -0.3 is 5.11 Å². The van der Waals surface area contributed by atoms with Gasteiger partial charge in [0, 0.05) is 6.04 Å². The van der Waals surface area contributed by atoms with Gasteiger partial charge in [-0.05, 0) is 31.9 Å². The fourth-order valence-electron chi connectivity index (χ4n) is 2.61. The number of rotatable bonds is 3. The Morgan fingerprint density at radius 1 is 1.35 bits per heavy atom. The van der Waals surface area contributed by atoms with E-state index in [9.17, 15) is 9.90 Å². The van der Waals surface area contributed by atoms with Crippen LogP contribution in [0.4, 0.5) is 0 Å². The molecule has 0 saturated carbocycles. The zero-order chi connectivity index (χ0) is 12.3. The van der Waals surface area contributed by atoms with Crippen molar-refractivity contribution >= 4 is 5.97 Å². The molecule has 1 aliphatic rings. The summed E-state index contributed by atoms with van der Waals surface area (Å²) in [6.07, 6.45) is 2.89. The minimum atomic E-state index is -0.688. The van der Waals surface area contributed by atoms with E-state index in [0.29, 0.717) is 0 Å². The number of carboxylic acids is 1. The molecule has 1 N–H and O–H groups in total. The SMILES string of the molecule is C[C@H](c1ccccc1)N1CCCC[C@H]1C(=O)O. The van der Waals surface area contributed by atoms with E-state index in [4.69, 9.17) is 0 Å². The second-order valence-electron chi connectivity index (χ2n) is 4.67. The smallest absolute Gasteiger partial charge is 0.320 e. The van der Waals surface area contributed by atoms with E-state index in [1.165, 1.54) is 5.56 Å². The highest BCUT2D eigenvalue weighted by molar-refractivity contribution is 5.73. The lowest BCUT2D eigenvalue weighted by molar-refractivity contribution is -0.145. The van der Waals surface area contributed by atoms with Crippen LogP contribution >= 0.6 is 0 Å². The molecule has 1 heterocycles. The fourth-order valence-corrected chi connectivity index (χ4v) is 2.61. The van der Waals surface area contributed by atoms with Crippen molar-refractivity contribution in [3.05, 3.63) is 35.9 Å². The third kappa shape index (κ3) is 2.67. The van der Waals surface area contributed by atoms with E-state index < -0.39 is 5.97 Å².